The lowest BCUT2D eigenvalue weighted by Gasteiger charge is -2.34. The van der Waals surface area contributed by atoms with E-state index in [4.69, 9.17) is 5.41 Å². The van der Waals surface area contributed by atoms with Crippen LogP contribution in [0.2, 0.25) is 0 Å². The number of nitrogens with one attached hydrogen (secondary N) is 1. The van der Waals surface area contributed by atoms with Crippen molar-refractivity contribution in [1.29, 1.82) is 5.41 Å². The van der Waals surface area contributed by atoms with Crippen LogP contribution in [0.3, 0.4) is 0 Å². The van der Waals surface area contributed by atoms with Crippen LogP contribution in [0.15, 0.2) is 59.2 Å². The van der Waals surface area contributed by atoms with Crippen LogP contribution in [0.5, 0.6) is 0 Å². The molecule has 0 spiro atoms. The second-order valence-corrected chi connectivity index (χ2v) is 8.21. The Balaban J connectivity index is 1.74. The molecule has 0 aromatic heterocycles. The summed E-state index contributed by atoms with van der Waals surface area (Å²) >= 11 is 0. The van der Waals surface area contributed by atoms with Crippen molar-refractivity contribution in [3.05, 3.63) is 70.3 Å². The summed E-state index contributed by atoms with van der Waals surface area (Å²) in [5, 5.41) is 10.6. The van der Waals surface area contributed by atoms with Gasteiger partial charge in [0.15, 0.2) is 0 Å². The Morgan fingerprint density at radius 3 is 2.50 bits per heavy atom. The second-order valence-electron chi connectivity index (χ2n) is 8.21. The number of hydrogen-bond acceptors (Lipinski definition) is 1. The lowest BCUT2D eigenvalue weighted by atomic mass is 9.71. The Morgan fingerprint density at radius 2 is 1.77 bits per heavy atom. The summed E-state index contributed by atoms with van der Waals surface area (Å²) in [4.78, 5) is 0. The minimum Gasteiger partial charge on any atom is -0.308 e. The molecule has 0 heterocycles. The summed E-state index contributed by atoms with van der Waals surface area (Å²) in [6.45, 7) is 6.94. The van der Waals surface area contributed by atoms with Gasteiger partial charge in [-0.15, -0.1) is 0 Å². The third-order valence-electron chi connectivity index (χ3n) is 6.70. The van der Waals surface area contributed by atoms with Gasteiger partial charge in [0.25, 0.3) is 0 Å². The summed E-state index contributed by atoms with van der Waals surface area (Å²) < 4.78 is 0. The maximum Gasteiger partial charge on any atom is 0.0253 e. The molecule has 26 heavy (non-hydrogen) atoms. The molecule has 3 unspecified atom stereocenters. The zero-order valence-electron chi connectivity index (χ0n) is 16.2. The fourth-order valence-electron chi connectivity index (χ4n) is 5.47. The highest BCUT2D eigenvalue weighted by molar-refractivity contribution is 5.94. The van der Waals surface area contributed by atoms with E-state index in [2.05, 4.69) is 63.2 Å². The zero-order chi connectivity index (χ0) is 18.3. The molecule has 2 aliphatic rings. The molecule has 4 rings (SSSR count). The number of allylic oxidation sites excluding steroid dienone is 4. The fraction of sp³-hybridized carbons (Fsp3) is 0.400. The lowest BCUT2D eigenvalue weighted by Crippen LogP contribution is -2.19. The predicted molar refractivity (Wildman–Crippen MR) is 112 cm³/mol. The summed E-state index contributed by atoms with van der Waals surface area (Å²) in [5.74, 6) is 1.84. The van der Waals surface area contributed by atoms with E-state index in [0.29, 0.717) is 17.8 Å². The van der Waals surface area contributed by atoms with Crippen LogP contribution in [0.1, 0.15) is 63.5 Å². The Morgan fingerprint density at radius 1 is 1.00 bits per heavy atom. The molecule has 134 valence electrons. The van der Waals surface area contributed by atoms with Crippen LogP contribution in [0, 0.1) is 17.2 Å². The highest BCUT2D eigenvalue weighted by atomic mass is 14.4. The van der Waals surface area contributed by atoms with Crippen molar-refractivity contribution in [3.8, 4) is 0 Å². The van der Waals surface area contributed by atoms with Crippen molar-refractivity contribution in [1.82, 2.24) is 0 Å². The van der Waals surface area contributed by atoms with Crippen LogP contribution in [-0.2, 0) is 0 Å². The van der Waals surface area contributed by atoms with Gasteiger partial charge in [-0.2, -0.15) is 0 Å². The molecule has 0 amide bonds. The first-order chi connectivity index (χ1) is 12.6. The van der Waals surface area contributed by atoms with E-state index < -0.39 is 0 Å². The third kappa shape index (κ3) is 2.84. The Hall–Kier alpha value is -2.15. The summed E-state index contributed by atoms with van der Waals surface area (Å²) in [7, 11) is 0. The molecule has 0 saturated heterocycles. The van der Waals surface area contributed by atoms with E-state index in [-0.39, 0.29) is 0 Å². The van der Waals surface area contributed by atoms with Gasteiger partial charge in [-0.25, -0.2) is 0 Å². The van der Waals surface area contributed by atoms with Gasteiger partial charge in [0.05, 0.1) is 0 Å². The molecule has 2 aromatic rings. The summed E-state index contributed by atoms with van der Waals surface area (Å²) in [5.41, 5.74) is 7.21. The molecule has 1 nitrogen and oxygen atoms in total. The topological polar surface area (TPSA) is 23.9 Å². The van der Waals surface area contributed by atoms with Gasteiger partial charge >= 0.3 is 0 Å². The molecule has 2 aromatic carbocycles. The zero-order valence-corrected chi connectivity index (χ0v) is 16.2. The molecule has 3 atom stereocenters. The number of hydrogen-bond donors (Lipinski definition) is 1. The molecule has 1 fully saturated rings. The fourth-order valence-corrected chi connectivity index (χ4v) is 5.47. The molecule has 1 saturated carbocycles. The van der Waals surface area contributed by atoms with E-state index in [9.17, 15) is 0 Å². The van der Waals surface area contributed by atoms with E-state index in [1.807, 2.05) is 0 Å². The van der Waals surface area contributed by atoms with E-state index in [1.54, 1.807) is 11.8 Å². The van der Waals surface area contributed by atoms with Crippen molar-refractivity contribution < 1.29 is 0 Å². The van der Waals surface area contributed by atoms with Crippen LogP contribution in [-0.4, -0.2) is 6.21 Å². The average Bonchev–Trinajstić information content (AvgIpc) is 2.92. The van der Waals surface area contributed by atoms with E-state index in [0.717, 1.165) is 5.56 Å². The van der Waals surface area contributed by atoms with Crippen LogP contribution in [0.25, 0.3) is 10.8 Å². The highest BCUT2D eigenvalue weighted by Gasteiger charge is 2.32. The van der Waals surface area contributed by atoms with E-state index in [1.165, 1.54) is 53.2 Å². The molecule has 1 heteroatoms. The normalized spacial score (nSPS) is 26.3. The van der Waals surface area contributed by atoms with Gasteiger partial charge in [-0.3, -0.25) is 0 Å². The first-order valence-corrected chi connectivity index (χ1v) is 10.0. The van der Waals surface area contributed by atoms with Crippen molar-refractivity contribution >= 4 is 17.0 Å². The van der Waals surface area contributed by atoms with Crippen LogP contribution < -0.4 is 0 Å². The highest BCUT2D eigenvalue weighted by Crippen LogP contribution is 2.47. The third-order valence-corrected chi connectivity index (χ3v) is 6.70. The molecule has 2 aliphatic carbocycles. The Bertz CT molecular complexity index is 915. The minimum atomic E-state index is 0.560. The molecule has 0 aliphatic heterocycles. The van der Waals surface area contributed by atoms with Crippen molar-refractivity contribution in [3.63, 3.8) is 0 Å². The quantitative estimate of drug-likeness (QED) is 0.579. The monoisotopic (exact) mass is 343 g/mol. The van der Waals surface area contributed by atoms with Crippen LogP contribution >= 0.6 is 0 Å². The van der Waals surface area contributed by atoms with Gasteiger partial charge in [-0.1, -0.05) is 67.0 Å². The Labute approximate surface area is 157 Å². The van der Waals surface area contributed by atoms with Crippen molar-refractivity contribution in [2.75, 3.05) is 0 Å². The molecule has 1 N–H and O–H groups in total. The average molecular weight is 344 g/mol. The molecular formula is C25H29N. The van der Waals surface area contributed by atoms with Crippen molar-refractivity contribution in [2.24, 2.45) is 11.8 Å². The SMILES string of the molecule is CC1=CC(C)C(C2CCCC(c3c(C=N)ccc4ccccc34)C2)=C1C. The predicted octanol–water partition coefficient (Wildman–Crippen LogP) is 7.02. The largest absolute Gasteiger partial charge is 0.308 e. The smallest absolute Gasteiger partial charge is 0.0253 e. The maximum absolute atomic E-state index is 7.94. The summed E-state index contributed by atoms with van der Waals surface area (Å²) in [6, 6.07) is 13.0. The van der Waals surface area contributed by atoms with Crippen molar-refractivity contribution in [2.45, 2.75) is 52.4 Å². The lowest BCUT2D eigenvalue weighted by molar-refractivity contribution is 0.348. The standard InChI is InChI=1S/C25H29N/c1-16-13-17(2)24(18(16)3)20-8-6-9-21(14-20)25-22(15-26)12-11-19-7-4-5-10-23(19)25/h4-5,7,10-13,15,17,20-21,26H,6,8-9,14H2,1-3H3. The molecule has 0 bridgehead atoms. The minimum absolute atomic E-state index is 0.560. The van der Waals surface area contributed by atoms with Gasteiger partial charge in [0, 0.05) is 6.21 Å². The van der Waals surface area contributed by atoms with E-state index >= 15 is 0 Å². The number of fused-ring (bicyclic) bond motifs is 1. The Kier molecular flexibility index (Phi) is 4.56. The molecule has 0 radical (unpaired) electrons. The summed E-state index contributed by atoms with van der Waals surface area (Å²) in [6.07, 6.45) is 9.08. The maximum atomic E-state index is 7.94. The number of benzene rings is 2. The molecular weight excluding hydrogens is 314 g/mol. The van der Waals surface area contributed by atoms with Gasteiger partial charge in [0.1, 0.15) is 0 Å². The van der Waals surface area contributed by atoms with Gasteiger partial charge < -0.3 is 5.41 Å². The van der Waals surface area contributed by atoms with Gasteiger partial charge in [-0.05, 0) is 78.3 Å². The van der Waals surface area contributed by atoms with Gasteiger partial charge in [0.2, 0.25) is 0 Å². The first kappa shape index (κ1) is 17.3. The first-order valence-electron chi connectivity index (χ1n) is 10.0. The van der Waals surface area contributed by atoms with Crippen LogP contribution in [0.4, 0.5) is 0 Å². The second kappa shape index (κ2) is 6.87. The number of rotatable bonds is 3.